The maximum absolute atomic E-state index is 7.87. The van der Waals surface area contributed by atoms with Gasteiger partial charge in [-0.3, -0.25) is 5.41 Å². The van der Waals surface area contributed by atoms with Crippen LogP contribution < -0.4 is 11.1 Å². The first-order valence-corrected chi connectivity index (χ1v) is 10.6. The molecule has 0 spiro atoms. The van der Waals surface area contributed by atoms with Crippen LogP contribution in [0.4, 0.5) is 5.69 Å². The van der Waals surface area contributed by atoms with E-state index in [1.807, 2.05) is 6.07 Å². The molecular formula is C26H27N3. The highest BCUT2D eigenvalue weighted by Crippen LogP contribution is 2.53. The Bertz CT molecular complexity index is 1070. The van der Waals surface area contributed by atoms with Crippen LogP contribution in [0.2, 0.25) is 0 Å². The average Bonchev–Trinajstić information content (AvgIpc) is 3.13. The van der Waals surface area contributed by atoms with E-state index in [2.05, 4.69) is 72.9 Å². The molecule has 0 saturated carbocycles. The highest BCUT2D eigenvalue weighted by atomic mass is 15.0. The van der Waals surface area contributed by atoms with Crippen LogP contribution in [0.1, 0.15) is 58.7 Å². The number of rotatable bonds is 4. The van der Waals surface area contributed by atoms with E-state index >= 15 is 0 Å². The van der Waals surface area contributed by atoms with Crippen LogP contribution in [0.3, 0.4) is 0 Å². The number of nitrogen functional groups attached to an aromatic ring is 1. The molecule has 3 nitrogen and oxygen atoms in total. The molecule has 0 aromatic heterocycles. The van der Waals surface area contributed by atoms with E-state index in [0.717, 1.165) is 24.1 Å². The molecule has 3 aromatic carbocycles. The quantitative estimate of drug-likeness (QED) is 0.419. The zero-order chi connectivity index (χ0) is 20.0. The minimum absolute atomic E-state index is 0.129. The third kappa shape index (κ3) is 3.02. The Morgan fingerprint density at radius 3 is 2.59 bits per heavy atom. The summed E-state index contributed by atoms with van der Waals surface area (Å²) in [5.41, 5.74) is 14.7. The predicted molar refractivity (Wildman–Crippen MR) is 120 cm³/mol. The van der Waals surface area contributed by atoms with Gasteiger partial charge in [0.1, 0.15) is 5.84 Å². The first-order valence-electron chi connectivity index (χ1n) is 10.6. The Morgan fingerprint density at radius 1 is 1.03 bits per heavy atom. The lowest BCUT2D eigenvalue weighted by Gasteiger charge is -2.38. The summed E-state index contributed by atoms with van der Waals surface area (Å²) < 4.78 is 0. The molecule has 3 heteroatoms. The van der Waals surface area contributed by atoms with Crippen LogP contribution in [0.5, 0.6) is 0 Å². The summed E-state index contributed by atoms with van der Waals surface area (Å²) in [5, 5.41) is 11.7. The summed E-state index contributed by atoms with van der Waals surface area (Å²) in [6.45, 7) is 2.23. The molecule has 3 atom stereocenters. The van der Waals surface area contributed by atoms with Crippen molar-refractivity contribution >= 4 is 11.5 Å². The van der Waals surface area contributed by atoms with Gasteiger partial charge in [-0.1, -0.05) is 61.9 Å². The van der Waals surface area contributed by atoms with Crippen molar-refractivity contribution in [3.63, 3.8) is 0 Å². The van der Waals surface area contributed by atoms with Crippen LogP contribution in [0, 0.1) is 11.3 Å². The van der Waals surface area contributed by atoms with Gasteiger partial charge in [0.15, 0.2) is 0 Å². The second kappa shape index (κ2) is 7.07. The number of benzene rings is 3. The first kappa shape index (κ1) is 18.0. The largest absolute Gasteiger partial charge is 0.384 e. The van der Waals surface area contributed by atoms with E-state index in [4.69, 9.17) is 11.1 Å². The lowest BCUT2D eigenvalue weighted by Crippen LogP contribution is -2.30. The number of nitrogens with two attached hydrogens (primary N) is 1. The number of anilines is 1. The number of hydrogen-bond donors (Lipinski definition) is 3. The highest BCUT2D eigenvalue weighted by Gasteiger charge is 2.43. The average molecular weight is 382 g/mol. The molecule has 0 bridgehead atoms. The summed E-state index contributed by atoms with van der Waals surface area (Å²) in [6, 6.07) is 24.5. The molecule has 2 aliphatic rings. The van der Waals surface area contributed by atoms with Gasteiger partial charge in [-0.2, -0.15) is 0 Å². The standard InChI is InChI=1S/C26H27N3/c1-2-5-16-8-10-17(11-9-16)25-22-14-18-6-3-4-7-20(18)24(22)21-15-19(26(27)28)12-13-23(21)29-25/h3-4,6-13,15,22,24-25,29H,2,5,14H2,1H3,(H3,27,28). The summed E-state index contributed by atoms with van der Waals surface area (Å²) in [4.78, 5) is 0. The number of nitrogens with one attached hydrogen (secondary N) is 2. The maximum Gasteiger partial charge on any atom is 0.122 e. The van der Waals surface area contributed by atoms with E-state index in [1.165, 1.54) is 34.2 Å². The number of aryl methyl sites for hydroxylation is 1. The highest BCUT2D eigenvalue weighted by molar-refractivity contribution is 5.95. The van der Waals surface area contributed by atoms with Gasteiger partial charge < -0.3 is 11.1 Å². The van der Waals surface area contributed by atoms with Crippen molar-refractivity contribution in [3.8, 4) is 0 Å². The molecule has 0 fully saturated rings. The van der Waals surface area contributed by atoms with Gasteiger partial charge in [-0.25, -0.2) is 0 Å². The summed E-state index contributed by atoms with van der Waals surface area (Å²) in [6.07, 6.45) is 3.37. The van der Waals surface area contributed by atoms with Gasteiger partial charge in [-0.05, 0) is 64.8 Å². The molecule has 0 amide bonds. The molecule has 4 N–H and O–H groups in total. The van der Waals surface area contributed by atoms with Crippen molar-refractivity contribution < 1.29 is 0 Å². The lowest BCUT2D eigenvalue weighted by atomic mass is 9.75. The summed E-state index contributed by atoms with van der Waals surface area (Å²) in [7, 11) is 0. The zero-order valence-electron chi connectivity index (χ0n) is 16.8. The number of fused-ring (bicyclic) bond motifs is 5. The fraction of sp³-hybridized carbons (Fsp3) is 0.269. The molecule has 1 aliphatic heterocycles. The fourth-order valence-electron chi connectivity index (χ4n) is 5.24. The molecule has 1 heterocycles. The van der Waals surface area contributed by atoms with Crippen LogP contribution >= 0.6 is 0 Å². The van der Waals surface area contributed by atoms with Crippen molar-refractivity contribution in [1.29, 1.82) is 5.41 Å². The Kier molecular flexibility index (Phi) is 4.39. The number of hydrogen-bond acceptors (Lipinski definition) is 2. The van der Waals surface area contributed by atoms with Crippen LogP contribution in [0.25, 0.3) is 0 Å². The number of amidine groups is 1. The van der Waals surface area contributed by atoms with E-state index in [1.54, 1.807) is 0 Å². The minimum atomic E-state index is 0.129. The second-order valence-corrected chi connectivity index (χ2v) is 8.37. The fourth-order valence-corrected chi connectivity index (χ4v) is 5.24. The third-order valence-electron chi connectivity index (χ3n) is 6.59. The first-order chi connectivity index (χ1) is 14.2. The Balaban J connectivity index is 1.61. The summed E-state index contributed by atoms with van der Waals surface area (Å²) >= 11 is 0. The van der Waals surface area contributed by atoms with Crippen molar-refractivity contribution in [3.05, 3.63) is 100 Å². The lowest BCUT2D eigenvalue weighted by molar-refractivity contribution is 0.421. The van der Waals surface area contributed by atoms with E-state index < -0.39 is 0 Å². The van der Waals surface area contributed by atoms with Gasteiger partial charge in [0, 0.05) is 17.2 Å². The Morgan fingerprint density at radius 2 is 1.83 bits per heavy atom. The molecule has 29 heavy (non-hydrogen) atoms. The van der Waals surface area contributed by atoms with E-state index in [9.17, 15) is 0 Å². The minimum Gasteiger partial charge on any atom is -0.384 e. The monoisotopic (exact) mass is 381 g/mol. The molecule has 3 unspecified atom stereocenters. The van der Waals surface area contributed by atoms with Gasteiger partial charge in [0.25, 0.3) is 0 Å². The SMILES string of the molecule is CCCc1ccc(C2Nc3ccc(C(=N)N)cc3C3c4ccccc4CC23)cc1. The van der Waals surface area contributed by atoms with Gasteiger partial charge >= 0.3 is 0 Å². The molecule has 1 aliphatic carbocycles. The molecule has 146 valence electrons. The second-order valence-electron chi connectivity index (χ2n) is 8.37. The smallest absolute Gasteiger partial charge is 0.122 e. The Labute approximate surface area is 172 Å². The van der Waals surface area contributed by atoms with Crippen LogP contribution in [-0.4, -0.2) is 5.84 Å². The molecule has 3 aromatic rings. The normalized spacial score (nSPS) is 21.6. The van der Waals surface area contributed by atoms with Crippen molar-refractivity contribution in [2.45, 2.75) is 38.1 Å². The third-order valence-corrected chi connectivity index (χ3v) is 6.59. The topological polar surface area (TPSA) is 61.9 Å². The molecule has 0 radical (unpaired) electrons. The van der Waals surface area contributed by atoms with Gasteiger partial charge in [-0.15, -0.1) is 0 Å². The van der Waals surface area contributed by atoms with Crippen LogP contribution in [0.15, 0.2) is 66.7 Å². The van der Waals surface area contributed by atoms with E-state index in [0.29, 0.717) is 11.8 Å². The molecule has 5 rings (SSSR count). The Hall–Kier alpha value is -3.07. The van der Waals surface area contributed by atoms with Crippen molar-refractivity contribution in [2.75, 3.05) is 5.32 Å². The summed E-state index contributed by atoms with van der Waals surface area (Å²) in [5.74, 6) is 0.922. The maximum atomic E-state index is 7.87. The van der Waals surface area contributed by atoms with Gasteiger partial charge in [0.05, 0.1) is 6.04 Å². The van der Waals surface area contributed by atoms with E-state index in [-0.39, 0.29) is 11.9 Å². The molecular weight excluding hydrogens is 354 g/mol. The predicted octanol–water partition coefficient (Wildman–Crippen LogP) is 5.39. The van der Waals surface area contributed by atoms with Crippen molar-refractivity contribution in [2.24, 2.45) is 11.7 Å². The zero-order valence-corrected chi connectivity index (χ0v) is 16.8. The van der Waals surface area contributed by atoms with Crippen molar-refractivity contribution in [1.82, 2.24) is 0 Å². The van der Waals surface area contributed by atoms with Gasteiger partial charge in [0.2, 0.25) is 0 Å². The molecule has 0 saturated heterocycles. The van der Waals surface area contributed by atoms with Crippen LogP contribution in [-0.2, 0) is 12.8 Å².